The van der Waals surface area contributed by atoms with Crippen molar-refractivity contribution in [2.45, 2.75) is 33.6 Å². The smallest absolute Gasteiger partial charge is 0.226 e. The average molecular weight is 290 g/mol. The first-order chi connectivity index (χ1) is 8.34. The van der Waals surface area contributed by atoms with E-state index in [1.165, 1.54) is 6.42 Å². The van der Waals surface area contributed by atoms with E-state index in [0.717, 1.165) is 19.5 Å². The Morgan fingerprint density at radius 2 is 2.06 bits per heavy atom. The van der Waals surface area contributed by atoms with Crippen LogP contribution in [0.5, 0.6) is 0 Å². The largest absolute Gasteiger partial charge is 0.342 e. The van der Waals surface area contributed by atoms with Gasteiger partial charge in [-0.2, -0.15) is 0 Å². The van der Waals surface area contributed by atoms with E-state index in [2.05, 4.69) is 20.8 Å². The molecular weight excluding hydrogens is 269 g/mol. The van der Waals surface area contributed by atoms with Gasteiger partial charge in [-0.15, -0.1) is 0 Å². The molecule has 0 unspecified atom stereocenters. The number of amides is 1. The number of hydrogen-bond donors (Lipinski definition) is 0. The molecule has 3 atom stereocenters. The molecule has 1 saturated carbocycles. The van der Waals surface area contributed by atoms with Crippen LogP contribution in [0.1, 0.15) is 33.6 Å². The van der Waals surface area contributed by atoms with E-state index < -0.39 is 0 Å². The molecule has 2 rings (SSSR count). The molecule has 102 valence electrons. The van der Waals surface area contributed by atoms with E-state index in [1.807, 2.05) is 11.0 Å². The Balaban J connectivity index is 2.04. The van der Waals surface area contributed by atoms with Crippen molar-refractivity contribution in [3.63, 3.8) is 0 Å². The highest BCUT2D eigenvalue weighted by atomic mass is 35.5. The summed E-state index contributed by atoms with van der Waals surface area (Å²) >= 11 is 11.4. The molecule has 1 heterocycles. The van der Waals surface area contributed by atoms with Crippen molar-refractivity contribution in [2.24, 2.45) is 23.2 Å². The molecule has 0 aromatic rings. The molecule has 1 aliphatic carbocycles. The topological polar surface area (TPSA) is 20.3 Å². The van der Waals surface area contributed by atoms with Crippen LogP contribution >= 0.6 is 23.2 Å². The van der Waals surface area contributed by atoms with Gasteiger partial charge in [-0.05, 0) is 36.2 Å². The minimum absolute atomic E-state index is 0.00714. The molecular formula is C14H21Cl2NO. The van der Waals surface area contributed by atoms with Gasteiger partial charge < -0.3 is 4.90 Å². The molecule has 0 aromatic heterocycles. The van der Waals surface area contributed by atoms with Crippen molar-refractivity contribution in [1.29, 1.82) is 0 Å². The molecule has 2 aliphatic rings. The Labute approximate surface area is 119 Å². The zero-order valence-corrected chi connectivity index (χ0v) is 12.8. The third-order valence-corrected chi connectivity index (χ3v) is 4.70. The number of nitrogens with zero attached hydrogens (tertiary/aromatic N) is 1. The van der Waals surface area contributed by atoms with E-state index in [4.69, 9.17) is 23.2 Å². The van der Waals surface area contributed by atoms with Gasteiger partial charge in [-0.1, -0.05) is 44.0 Å². The fourth-order valence-electron chi connectivity index (χ4n) is 3.18. The number of halogens is 2. The first kappa shape index (κ1) is 14.2. The van der Waals surface area contributed by atoms with E-state index in [9.17, 15) is 4.79 Å². The van der Waals surface area contributed by atoms with Crippen LogP contribution in [0.4, 0.5) is 0 Å². The summed E-state index contributed by atoms with van der Waals surface area (Å²) in [5.74, 6) is 1.14. The second-order valence-electron chi connectivity index (χ2n) is 6.31. The van der Waals surface area contributed by atoms with Gasteiger partial charge in [0.25, 0.3) is 0 Å². The van der Waals surface area contributed by atoms with Gasteiger partial charge in [-0.25, -0.2) is 0 Å². The maximum absolute atomic E-state index is 12.5. The minimum atomic E-state index is -0.00714. The Kier molecular flexibility index (Phi) is 3.99. The third-order valence-electron chi connectivity index (χ3n) is 4.45. The van der Waals surface area contributed by atoms with Crippen LogP contribution in [0.25, 0.3) is 0 Å². The summed E-state index contributed by atoms with van der Waals surface area (Å²) in [6, 6.07) is 0. The lowest BCUT2D eigenvalue weighted by atomic mass is 9.99. The number of carbonyl (C=O) groups is 1. The SMILES string of the molecule is C[C@@H]1CCCN(C(=O)[C@@H]2[C@H](C=C(Cl)Cl)C2(C)C)C1. The van der Waals surface area contributed by atoms with Gasteiger partial charge in [0.05, 0.1) is 5.92 Å². The van der Waals surface area contributed by atoms with Crippen LogP contribution in [0, 0.1) is 23.2 Å². The van der Waals surface area contributed by atoms with Gasteiger partial charge in [0.2, 0.25) is 5.91 Å². The quantitative estimate of drug-likeness (QED) is 0.756. The van der Waals surface area contributed by atoms with Crippen LogP contribution in [-0.2, 0) is 4.79 Å². The molecule has 0 N–H and O–H groups in total. The number of hydrogen-bond acceptors (Lipinski definition) is 1. The van der Waals surface area contributed by atoms with Crippen molar-refractivity contribution in [3.8, 4) is 0 Å². The molecule has 0 bridgehead atoms. The first-order valence-corrected chi connectivity index (χ1v) is 7.41. The normalized spacial score (nSPS) is 34.1. The molecule has 0 spiro atoms. The predicted molar refractivity (Wildman–Crippen MR) is 75.5 cm³/mol. The predicted octanol–water partition coefficient (Wildman–Crippen LogP) is 3.84. The number of likely N-dealkylation sites (tertiary alicyclic amines) is 1. The maximum atomic E-state index is 12.5. The highest BCUT2D eigenvalue weighted by Gasteiger charge is 2.61. The average Bonchev–Trinajstić information content (AvgIpc) is 2.78. The lowest BCUT2D eigenvalue weighted by molar-refractivity contribution is -0.135. The molecule has 0 radical (unpaired) electrons. The summed E-state index contributed by atoms with van der Waals surface area (Å²) in [5, 5.41) is 0. The Morgan fingerprint density at radius 1 is 1.39 bits per heavy atom. The fourth-order valence-corrected chi connectivity index (χ4v) is 3.45. The second kappa shape index (κ2) is 5.05. The monoisotopic (exact) mass is 289 g/mol. The highest BCUT2D eigenvalue weighted by molar-refractivity contribution is 6.55. The summed E-state index contributed by atoms with van der Waals surface area (Å²) in [7, 11) is 0. The van der Waals surface area contributed by atoms with Gasteiger partial charge in [0.1, 0.15) is 4.49 Å². The molecule has 1 aliphatic heterocycles. The Bertz CT molecular complexity index is 374. The van der Waals surface area contributed by atoms with Crippen molar-refractivity contribution >= 4 is 29.1 Å². The fraction of sp³-hybridized carbons (Fsp3) is 0.786. The van der Waals surface area contributed by atoms with Gasteiger partial charge >= 0.3 is 0 Å². The molecule has 1 amide bonds. The van der Waals surface area contributed by atoms with Crippen LogP contribution in [0.3, 0.4) is 0 Å². The number of carbonyl (C=O) groups excluding carboxylic acids is 1. The molecule has 1 saturated heterocycles. The number of allylic oxidation sites excluding steroid dienone is 1. The van der Waals surface area contributed by atoms with Crippen LogP contribution in [-0.4, -0.2) is 23.9 Å². The second-order valence-corrected chi connectivity index (χ2v) is 7.32. The Morgan fingerprint density at radius 3 is 2.61 bits per heavy atom. The number of piperidine rings is 1. The van der Waals surface area contributed by atoms with Crippen molar-refractivity contribution < 1.29 is 4.79 Å². The molecule has 2 nitrogen and oxygen atoms in total. The van der Waals surface area contributed by atoms with Gasteiger partial charge in [0, 0.05) is 13.1 Å². The maximum Gasteiger partial charge on any atom is 0.226 e. The lowest BCUT2D eigenvalue weighted by Gasteiger charge is -2.31. The molecule has 18 heavy (non-hydrogen) atoms. The summed E-state index contributed by atoms with van der Waals surface area (Å²) < 4.78 is 0.274. The van der Waals surface area contributed by atoms with Crippen molar-refractivity contribution in [3.05, 3.63) is 10.6 Å². The standard InChI is InChI=1S/C14H21Cl2NO/c1-9-5-4-6-17(8-9)13(18)12-10(7-11(15)16)14(12,2)3/h7,9-10,12H,4-6,8H2,1-3H3/t9-,10+,12+/m1/s1. The Hall–Kier alpha value is -0.210. The molecule has 4 heteroatoms. The van der Waals surface area contributed by atoms with Gasteiger partial charge in [-0.3, -0.25) is 4.79 Å². The van der Waals surface area contributed by atoms with E-state index in [0.29, 0.717) is 5.92 Å². The van der Waals surface area contributed by atoms with Crippen LogP contribution < -0.4 is 0 Å². The zero-order valence-electron chi connectivity index (χ0n) is 11.2. The summed E-state index contributed by atoms with van der Waals surface area (Å²) in [6.07, 6.45) is 4.17. The lowest BCUT2D eigenvalue weighted by Crippen LogP contribution is -2.40. The minimum Gasteiger partial charge on any atom is -0.342 e. The summed E-state index contributed by atoms with van der Waals surface area (Å²) in [4.78, 5) is 14.5. The van der Waals surface area contributed by atoms with Crippen molar-refractivity contribution in [1.82, 2.24) is 4.90 Å². The van der Waals surface area contributed by atoms with E-state index in [-0.39, 0.29) is 27.6 Å². The molecule has 0 aromatic carbocycles. The number of rotatable bonds is 2. The third kappa shape index (κ3) is 2.70. The van der Waals surface area contributed by atoms with Gasteiger partial charge in [0.15, 0.2) is 0 Å². The first-order valence-electron chi connectivity index (χ1n) is 6.65. The molecule has 2 fully saturated rings. The van der Waals surface area contributed by atoms with Crippen molar-refractivity contribution in [2.75, 3.05) is 13.1 Å². The summed E-state index contributed by atoms with van der Waals surface area (Å²) in [5.41, 5.74) is -0.00714. The highest BCUT2D eigenvalue weighted by Crippen LogP contribution is 2.60. The van der Waals surface area contributed by atoms with E-state index >= 15 is 0 Å². The van der Waals surface area contributed by atoms with Crippen LogP contribution in [0.15, 0.2) is 10.6 Å². The summed E-state index contributed by atoms with van der Waals surface area (Å²) in [6.45, 7) is 8.24. The van der Waals surface area contributed by atoms with E-state index in [1.54, 1.807) is 0 Å². The van der Waals surface area contributed by atoms with Crippen LogP contribution in [0.2, 0.25) is 0 Å². The zero-order chi connectivity index (χ0) is 13.5.